The van der Waals surface area contributed by atoms with Crippen LogP contribution in [0.25, 0.3) is 0 Å². The van der Waals surface area contributed by atoms with Crippen molar-refractivity contribution in [1.82, 2.24) is 0 Å². The van der Waals surface area contributed by atoms with Crippen LogP contribution in [0.2, 0.25) is 10.0 Å². The Balaban J connectivity index is 2.95. The summed E-state index contributed by atoms with van der Waals surface area (Å²) in [6, 6.07) is 4.38. The Morgan fingerprint density at radius 1 is 1.29 bits per heavy atom. The minimum absolute atomic E-state index is 0.301. The monoisotopic (exact) mass is 274 g/mol. The number of aliphatic hydroxyl groups excluding tert-OH is 1. The molecule has 0 fully saturated rings. The van der Waals surface area contributed by atoms with Gasteiger partial charge >= 0.3 is 0 Å². The molecule has 0 aliphatic rings. The second-order valence-electron chi connectivity index (χ2n) is 3.14. The molecule has 1 amide bonds. The first-order valence-electron chi connectivity index (χ1n) is 4.44. The highest BCUT2D eigenvalue weighted by molar-refractivity contribution is 6.35. The SMILES string of the molecule is C/C(O)=C(\N=O)C(=O)Nc1cc(Cl)cc(Cl)c1. The number of nitrogens with one attached hydrogen (secondary N) is 1. The second kappa shape index (κ2) is 5.65. The van der Waals surface area contributed by atoms with Gasteiger partial charge in [0.25, 0.3) is 5.91 Å². The van der Waals surface area contributed by atoms with E-state index < -0.39 is 17.4 Å². The van der Waals surface area contributed by atoms with Gasteiger partial charge in [0.1, 0.15) is 5.76 Å². The van der Waals surface area contributed by atoms with Crippen molar-refractivity contribution < 1.29 is 9.90 Å². The molecule has 2 N–H and O–H groups in total. The number of halogens is 2. The molecule has 0 unspecified atom stereocenters. The highest BCUT2D eigenvalue weighted by atomic mass is 35.5. The Morgan fingerprint density at radius 2 is 1.82 bits per heavy atom. The number of benzene rings is 1. The largest absolute Gasteiger partial charge is 0.510 e. The fourth-order valence-corrected chi connectivity index (χ4v) is 1.61. The van der Waals surface area contributed by atoms with Crippen molar-refractivity contribution in [2.75, 3.05) is 5.32 Å². The number of amides is 1. The molecule has 1 aromatic carbocycles. The van der Waals surface area contributed by atoms with Crippen molar-refractivity contribution in [2.45, 2.75) is 6.92 Å². The zero-order valence-electron chi connectivity index (χ0n) is 8.70. The number of rotatable bonds is 3. The van der Waals surface area contributed by atoms with Gasteiger partial charge in [-0.2, -0.15) is 0 Å². The van der Waals surface area contributed by atoms with Gasteiger partial charge in [-0.15, -0.1) is 4.91 Å². The number of nitroso groups, excluding NO2 is 1. The van der Waals surface area contributed by atoms with Crippen LogP contribution in [0, 0.1) is 4.91 Å². The van der Waals surface area contributed by atoms with Crippen LogP contribution in [0.3, 0.4) is 0 Å². The summed E-state index contributed by atoms with van der Waals surface area (Å²) in [5, 5.41) is 14.5. The molecule has 0 aliphatic heterocycles. The number of aliphatic hydroxyl groups is 1. The molecule has 0 saturated carbocycles. The van der Waals surface area contributed by atoms with Gasteiger partial charge in [0.05, 0.1) is 0 Å². The van der Waals surface area contributed by atoms with Crippen molar-refractivity contribution in [3.8, 4) is 0 Å². The Kier molecular flexibility index (Phi) is 4.48. The summed E-state index contributed by atoms with van der Waals surface area (Å²) in [6.07, 6.45) is 0. The van der Waals surface area contributed by atoms with Crippen LogP contribution < -0.4 is 5.32 Å². The third-order valence-corrected chi connectivity index (χ3v) is 2.21. The van der Waals surface area contributed by atoms with E-state index in [2.05, 4.69) is 10.5 Å². The number of hydrogen-bond donors (Lipinski definition) is 2. The topological polar surface area (TPSA) is 78.8 Å². The van der Waals surface area contributed by atoms with Gasteiger partial charge in [-0.25, -0.2) is 0 Å². The summed E-state index contributed by atoms with van der Waals surface area (Å²) < 4.78 is 0. The lowest BCUT2D eigenvalue weighted by Gasteiger charge is -2.05. The van der Waals surface area contributed by atoms with Crippen LogP contribution in [0.1, 0.15) is 6.92 Å². The molecule has 0 aliphatic carbocycles. The van der Waals surface area contributed by atoms with Crippen LogP contribution >= 0.6 is 23.2 Å². The Hall–Kier alpha value is -1.59. The highest BCUT2D eigenvalue weighted by Gasteiger charge is 2.14. The summed E-state index contributed by atoms with van der Waals surface area (Å²) in [4.78, 5) is 21.8. The van der Waals surface area contributed by atoms with E-state index in [9.17, 15) is 9.70 Å². The van der Waals surface area contributed by atoms with Crippen molar-refractivity contribution >= 4 is 34.8 Å². The summed E-state index contributed by atoms with van der Waals surface area (Å²) in [6.45, 7) is 1.18. The summed E-state index contributed by atoms with van der Waals surface area (Å²) in [5.41, 5.74) is -0.295. The van der Waals surface area contributed by atoms with Crippen molar-refractivity contribution in [3.63, 3.8) is 0 Å². The lowest BCUT2D eigenvalue weighted by Crippen LogP contribution is -2.14. The maximum absolute atomic E-state index is 11.5. The first kappa shape index (κ1) is 13.5. The standard InChI is InChI=1S/C10H8Cl2N2O3/c1-5(15)9(14-17)10(16)13-8-3-6(11)2-7(12)4-8/h2-4,15H,1H3,(H,13,16)/b9-5+. The normalized spacial score (nSPS) is 11.7. The van der Waals surface area contributed by atoms with E-state index in [1.54, 1.807) is 0 Å². The molecule has 7 heteroatoms. The zero-order valence-corrected chi connectivity index (χ0v) is 10.2. The van der Waals surface area contributed by atoms with Crippen LogP contribution in [-0.2, 0) is 4.79 Å². The molecule has 0 radical (unpaired) electrons. The first-order chi connectivity index (χ1) is 7.93. The Labute approximate surface area is 107 Å². The van der Waals surface area contributed by atoms with Gasteiger partial charge < -0.3 is 10.4 Å². The van der Waals surface area contributed by atoms with Crippen molar-refractivity contribution in [3.05, 3.63) is 44.6 Å². The Bertz CT molecular complexity index is 476. The van der Waals surface area contributed by atoms with Crippen LogP contribution in [0.15, 0.2) is 34.8 Å². The minimum atomic E-state index is -0.835. The average molecular weight is 275 g/mol. The van der Waals surface area contributed by atoms with Crippen LogP contribution in [0.5, 0.6) is 0 Å². The van der Waals surface area contributed by atoms with Gasteiger partial charge in [0, 0.05) is 15.7 Å². The quantitative estimate of drug-likeness (QED) is 0.503. The minimum Gasteiger partial charge on any atom is -0.510 e. The maximum Gasteiger partial charge on any atom is 0.281 e. The van der Waals surface area contributed by atoms with Gasteiger partial charge in [-0.05, 0) is 30.3 Å². The first-order valence-corrected chi connectivity index (χ1v) is 5.20. The molecule has 5 nitrogen and oxygen atoms in total. The summed E-state index contributed by atoms with van der Waals surface area (Å²) >= 11 is 11.5. The van der Waals surface area contributed by atoms with E-state index >= 15 is 0 Å². The van der Waals surface area contributed by atoms with Crippen molar-refractivity contribution in [1.29, 1.82) is 0 Å². The molecule has 0 saturated heterocycles. The predicted molar refractivity (Wildman–Crippen MR) is 66.2 cm³/mol. The van der Waals surface area contributed by atoms with E-state index in [0.29, 0.717) is 15.7 Å². The van der Waals surface area contributed by atoms with E-state index in [4.69, 9.17) is 28.3 Å². The molecule has 17 heavy (non-hydrogen) atoms. The molecule has 0 atom stereocenters. The van der Waals surface area contributed by atoms with Gasteiger partial charge in [0.2, 0.25) is 5.70 Å². The predicted octanol–water partition coefficient (Wildman–Crippen LogP) is 3.49. The molecule has 0 spiro atoms. The summed E-state index contributed by atoms with van der Waals surface area (Å²) in [7, 11) is 0. The number of carbonyl (C=O) groups is 1. The number of carbonyl (C=O) groups excluding carboxylic acids is 1. The smallest absolute Gasteiger partial charge is 0.281 e. The van der Waals surface area contributed by atoms with Crippen LogP contribution in [0.4, 0.5) is 5.69 Å². The second-order valence-corrected chi connectivity index (χ2v) is 4.01. The van der Waals surface area contributed by atoms with E-state index in [-0.39, 0.29) is 0 Å². The fourth-order valence-electron chi connectivity index (χ4n) is 1.09. The highest BCUT2D eigenvalue weighted by Crippen LogP contribution is 2.23. The van der Waals surface area contributed by atoms with Gasteiger partial charge in [-0.1, -0.05) is 23.2 Å². The molecule has 90 valence electrons. The number of anilines is 1. The maximum atomic E-state index is 11.5. The molecule has 0 heterocycles. The molecule has 1 rings (SSSR count). The molecular weight excluding hydrogens is 267 g/mol. The van der Waals surface area contributed by atoms with Gasteiger partial charge in [-0.3, -0.25) is 4.79 Å². The lowest BCUT2D eigenvalue weighted by molar-refractivity contribution is -0.113. The molecule has 0 aromatic heterocycles. The molecular formula is C10H8Cl2N2O3. The van der Waals surface area contributed by atoms with Crippen molar-refractivity contribution in [2.24, 2.45) is 5.18 Å². The molecule has 1 aromatic rings. The number of allylic oxidation sites excluding steroid dienone is 1. The molecule has 0 bridgehead atoms. The van der Waals surface area contributed by atoms with E-state index in [0.717, 1.165) is 0 Å². The van der Waals surface area contributed by atoms with Crippen LogP contribution in [-0.4, -0.2) is 11.0 Å². The van der Waals surface area contributed by atoms with Gasteiger partial charge in [0.15, 0.2) is 0 Å². The number of hydrogen-bond acceptors (Lipinski definition) is 4. The lowest BCUT2D eigenvalue weighted by atomic mass is 10.3. The zero-order chi connectivity index (χ0) is 13.0. The Morgan fingerprint density at radius 3 is 2.24 bits per heavy atom. The van der Waals surface area contributed by atoms with E-state index in [1.807, 2.05) is 0 Å². The van der Waals surface area contributed by atoms with E-state index in [1.165, 1.54) is 25.1 Å². The number of nitrogens with zero attached hydrogens (tertiary/aromatic N) is 1. The fraction of sp³-hybridized carbons (Fsp3) is 0.100. The third-order valence-electron chi connectivity index (χ3n) is 1.77. The third kappa shape index (κ3) is 3.72. The average Bonchev–Trinajstić information content (AvgIpc) is 2.15. The summed E-state index contributed by atoms with van der Waals surface area (Å²) in [5.74, 6) is -1.30.